The van der Waals surface area contributed by atoms with Crippen molar-refractivity contribution in [1.29, 1.82) is 0 Å². The van der Waals surface area contributed by atoms with Gasteiger partial charge in [-0.1, -0.05) is 6.92 Å². The molecule has 98 valence electrons. The maximum Gasteiger partial charge on any atom is 0.161 e. The van der Waals surface area contributed by atoms with E-state index in [2.05, 4.69) is 28.3 Å². The highest BCUT2D eigenvalue weighted by Crippen LogP contribution is 2.29. The fourth-order valence-corrected chi connectivity index (χ4v) is 2.17. The standard InChI is InChI=1S/C15H17N3O/c1-2-7-16-14-5-8-17-15(18-14)12-3-4-13-11(10-12)6-9-19-13/h3-5,8,10H,2,6-7,9H2,1H3,(H,16,17,18). The Labute approximate surface area is 112 Å². The van der Waals surface area contributed by atoms with Gasteiger partial charge in [-0.3, -0.25) is 0 Å². The summed E-state index contributed by atoms with van der Waals surface area (Å²) in [6, 6.07) is 8.05. The fraction of sp³-hybridized carbons (Fsp3) is 0.333. The lowest BCUT2D eigenvalue weighted by Gasteiger charge is -2.06. The molecule has 2 aromatic rings. The summed E-state index contributed by atoms with van der Waals surface area (Å²) in [5.41, 5.74) is 2.29. The number of hydrogen-bond acceptors (Lipinski definition) is 4. The molecule has 0 aliphatic carbocycles. The number of aromatic nitrogens is 2. The van der Waals surface area contributed by atoms with E-state index in [-0.39, 0.29) is 0 Å². The van der Waals surface area contributed by atoms with Gasteiger partial charge < -0.3 is 10.1 Å². The Morgan fingerprint density at radius 2 is 2.26 bits per heavy atom. The Kier molecular flexibility index (Phi) is 3.31. The molecule has 0 atom stereocenters. The molecule has 0 saturated carbocycles. The molecule has 0 spiro atoms. The largest absolute Gasteiger partial charge is 0.493 e. The van der Waals surface area contributed by atoms with Crippen LogP contribution in [0.25, 0.3) is 11.4 Å². The van der Waals surface area contributed by atoms with Gasteiger partial charge in [0.1, 0.15) is 11.6 Å². The van der Waals surface area contributed by atoms with Crippen molar-refractivity contribution < 1.29 is 4.74 Å². The molecule has 4 heteroatoms. The predicted molar refractivity (Wildman–Crippen MR) is 75.4 cm³/mol. The lowest BCUT2D eigenvalue weighted by atomic mass is 10.1. The number of ether oxygens (including phenoxy) is 1. The quantitative estimate of drug-likeness (QED) is 0.912. The van der Waals surface area contributed by atoms with E-state index in [1.54, 1.807) is 6.20 Å². The van der Waals surface area contributed by atoms with Crippen LogP contribution in [0.15, 0.2) is 30.5 Å². The second-order valence-corrected chi connectivity index (χ2v) is 4.61. The van der Waals surface area contributed by atoms with E-state index in [4.69, 9.17) is 4.74 Å². The molecule has 0 fully saturated rings. The number of anilines is 1. The molecule has 0 bridgehead atoms. The van der Waals surface area contributed by atoms with Gasteiger partial charge in [-0.2, -0.15) is 0 Å². The monoisotopic (exact) mass is 255 g/mol. The van der Waals surface area contributed by atoms with Crippen molar-refractivity contribution >= 4 is 5.82 Å². The van der Waals surface area contributed by atoms with Crippen molar-refractivity contribution in [3.8, 4) is 17.1 Å². The highest BCUT2D eigenvalue weighted by molar-refractivity contribution is 5.60. The number of nitrogens with one attached hydrogen (secondary N) is 1. The molecule has 0 unspecified atom stereocenters. The van der Waals surface area contributed by atoms with Crippen LogP contribution in [0, 0.1) is 0 Å². The molecule has 3 rings (SSSR count). The topological polar surface area (TPSA) is 47.0 Å². The zero-order chi connectivity index (χ0) is 13.1. The highest BCUT2D eigenvalue weighted by atomic mass is 16.5. The summed E-state index contributed by atoms with van der Waals surface area (Å²) in [5, 5.41) is 3.28. The van der Waals surface area contributed by atoms with Crippen molar-refractivity contribution in [2.45, 2.75) is 19.8 Å². The maximum atomic E-state index is 5.51. The summed E-state index contributed by atoms with van der Waals surface area (Å²) in [4.78, 5) is 8.89. The summed E-state index contributed by atoms with van der Waals surface area (Å²) in [6.45, 7) is 3.84. The van der Waals surface area contributed by atoms with Crippen LogP contribution < -0.4 is 10.1 Å². The van der Waals surface area contributed by atoms with Crippen molar-refractivity contribution in [1.82, 2.24) is 9.97 Å². The number of benzene rings is 1. The molecule has 0 radical (unpaired) electrons. The van der Waals surface area contributed by atoms with E-state index < -0.39 is 0 Å². The minimum atomic E-state index is 0.760. The van der Waals surface area contributed by atoms with Crippen LogP contribution in [-0.2, 0) is 6.42 Å². The van der Waals surface area contributed by atoms with Gasteiger partial charge in [0, 0.05) is 24.7 Å². The summed E-state index contributed by atoms with van der Waals surface area (Å²) in [6.07, 6.45) is 3.84. The van der Waals surface area contributed by atoms with Gasteiger partial charge in [0.15, 0.2) is 5.82 Å². The van der Waals surface area contributed by atoms with E-state index >= 15 is 0 Å². The molecule has 2 heterocycles. The fourth-order valence-electron chi connectivity index (χ4n) is 2.17. The molecule has 1 aromatic heterocycles. The second kappa shape index (κ2) is 5.26. The Hall–Kier alpha value is -2.10. The van der Waals surface area contributed by atoms with Crippen molar-refractivity contribution in [3.63, 3.8) is 0 Å². The van der Waals surface area contributed by atoms with Crippen LogP contribution in [0.5, 0.6) is 5.75 Å². The average molecular weight is 255 g/mol. The first-order valence-corrected chi connectivity index (χ1v) is 6.70. The number of nitrogens with zero attached hydrogens (tertiary/aromatic N) is 2. The van der Waals surface area contributed by atoms with E-state index in [0.29, 0.717) is 0 Å². The molecular weight excluding hydrogens is 238 g/mol. The third-order valence-corrected chi connectivity index (χ3v) is 3.16. The number of rotatable bonds is 4. The number of hydrogen-bond donors (Lipinski definition) is 1. The summed E-state index contributed by atoms with van der Waals surface area (Å²) in [5.74, 6) is 2.63. The van der Waals surface area contributed by atoms with Crippen LogP contribution in [0.2, 0.25) is 0 Å². The minimum Gasteiger partial charge on any atom is -0.493 e. The summed E-state index contributed by atoms with van der Waals surface area (Å²) >= 11 is 0. The molecule has 0 amide bonds. The molecule has 1 aliphatic rings. The second-order valence-electron chi connectivity index (χ2n) is 4.61. The van der Waals surface area contributed by atoms with Crippen molar-refractivity contribution in [2.75, 3.05) is 18.5 Å². The maximum absolute atomic E-state index is 5.51. The molecule has 1 aliphatic heterocycles. The number of fused-ring (bicyclic) bond motifs is 1. The third-order valence-electron chi connectivity index (χ3n) is 3.16. The van der Waals surface area contributed by atoms with Crippen LogP contribution in [0.1, 0.15) is 18.9 Å². The minimum absolute atomic E-state index is 0.760. The van der Waals surface area contributed by atoms with Crippen LogP contribution in [-0.4, -0.2) is 23.1 Å². The lowest BCUT2D eigenvalue weighted by Crippen LogP contribution is -2.03. The predicted octanol–water partition coefficient (Wildman–Crippen LogP) is 2.90. The van der Waals surface area contributed by atoms with Crippen LogP contribution in [0.4, 0.5) is 5.82 Å². The van der Waals surface area contributed by atoms with Crippen molar-refractivity contribution in [3.05, 3.63) is 36.0 Å². The zero-order valence-corrected chi connectivity index (χ0v) is 11.0. The highest BCUT2D eigenvalue weighted by Gasteiger charge is 2.13. The van der Waals surface area contributed by atoms with E-state index in [1.165, 1.54) is 5.56 Å². The Balaban J connectivity index is 1.89. The Morgan fingerprint density at radius 3 is 3.16 bits per heavy atom. The molecule has 19 heavy (non-hydrogen) atoms. The lowest BCUT2D eigenvalue weighted by molar-refractivity contribution is 0.357. The zero-order valence-electron chi connectivity index (χ0n) is 11.0. The Morgan fingerprint density at radius 1 is 1.32 bits per heavy atom. The third kappa shape index (κ3) is 2.52. The molecule has 1 aromatic carbocycles. The summed E-state index contributed by atoms with van der Waals surface area (Å²) in [7, 11) is 0. The van der Waals surface area contributed by atoms with E-state index in [1.807, 2.05) is 18.2 Å². The van der Waals surface area contributed by atoms with Gasteiger partial charge in [-0.25, -0.2) is 9.97 Å². The SMILES string of the molecule is CCCNc1ccnc(-c2ccc3c(c2)CCO3)n1. The van der Waals surface area contributed by atoms with E-state index in [0.717, 1.165) is 48.9 Å². The average Bonchev–Trinajstić information content (AvgIpc) is 2.92. The normalized spacial score (nSPS) is 12.9. The van der Waals surface area contributed by atoms with Crippen molar-refractivity contribution in [2.24, 2.45) is 0 Å². The summed E-state index contributed by atoms with van der Waals surface area (Å²) < 4.78 is 5.51. The van der Waals surface area contributed by atoms with Gasteiger partial charge in [-0.15, -0.1) is 0 Å². The first-order chi connectivity index (χ1) is 9.36. The van der Waals surface area contributed by atoms with Gasteiger partial charge in [0.05, 0.1) is 6.61 Å². The van der Waals surface area contributed by atoms with Crippen LogP contribution >= 0.6 is 0 Å². The smallest absolute Gasteiger partial charge is 0.161 e. The van der Waals surface area contributed by atoms with Gasteiger partial charge in [-0.05, 0) is 36.2 Å². The van der Waals surface area contributed by atoms with Gasteiger partial charge >= 0.3 is 0 Å². The van der Waals surface area contributed by atoms with Gasteiger partial charge in [0.2, 0.25) is 0 Å². The molecular formula is C15H17N3O. The van der Waals surface area contributed by atoms with Gasteiger partial charge in [0.25, 0.3) is 0 Å². The molecule has 1 N–H and O–H groups in total. The first-order valence-electron chi connectivity index (χ1n) is 6.70. The van der Waals surface area contributed by atoms with Crippen LogP contribution in [0.3, 0.4) is 0 Å². The molecule has 4 nitrogen and oxygen atoms in total. The molecule has 0 saturated heterocycles. The first kappa shape index (κ1) is 12.0. The van der Waals surface area contributed by atoms with E-state index in [9.17, 15) is 0 Å². The Bertz CT molecular complexity index is 583.